The van der Waals surface area contributed by atoms with Crippen molar-refractivity contribution in [2.45, 2.75) is 26.2 Å². The van der Waals surface area contributed by atoms with Crippen molar-refractivity contribution in [3.05, 3.63) is 96.9 Å². The lowest BCUT2D eigenvalue weighted by Crippen LogP contribution is -1.99. The summed E-state index contributed by atoms with van der Waals surface area (Å²) in [4.78, 5) is 9.38. The van der Waals surface area contributed by atoms with Gasteiger partial charge in [-0.05, 0) is 35.2 Å². The zero-order valence-corrected chi connectivity index (χ0v) is 16.3. The summed E-state index contributed by atoms with van der Waals surface area (Å²) < 4.78 is 0. The molecule has 0 fully saturated rings. The van der Waals surface area contributed by atoms with Gasteiger partial charge in [0, 0.05) is 29.1 Å². The van der Waals surface area contributed by atoms with E-state index in [9.17, 15) is 0 Å². The van der Waals surface area contributed by atoms with Crippen LogP contribution < -0.4 is 0 Å². The molecule has 1 atom stereocenters. The van der Waals surface area contributed by atoms with Crippen LogP contribution in [0.5, 0.6) is 0 Å². The van der Waals surface area contributed by atoms with Crippen molar-refractivity contribution in [3.63, 3.8) is 0 Å². The Kier molecular flexibility index (Phi) is 5.29. The molecule has 5 rings (SSSR count). The molecular weight excluding hydrogens is 340 g/mol. The van der Waals surface area contributed by atoms with Crippen LogP contribution in [0.3, 0.4) is 0 Å². The Morgan fingerprint density at radius 2 is 1.46 bits per heavy atom. The van der Waals surface area contributed by atoms with Gasteiger partial charge in [-0.2, -0.15) is 0 Å². The molecule has 0 radical (unpaired) electrons. The lowest BCUT2D eigenvalue weighted by molar-refractivity contribution is 0.860. The number of benzene rings is 2. The number of allylic oxidation sites excluding steroid dienone is 4. The third-order valence-electron chi connectivity index (χ3n) is 5.12. The van der Waals surface area contributed by atoms with Crippen molar-refractivity contribution < 1.29 is 0 Å². The Hall–Kier alpha value is -3.26. The van der Waals surface area contributed by atoms with Gasteiger partial charge in [-0.25, -0.2) is 0 Å². The first kappa shape index (κ1) is 18.1. The minimum absolute atomic E-state index is 0.403. The Morgan fingerprint density at radius 1 is 0.750 bits per heavy atom. The second-order valence-corrected chi connectivity index (χ2v) is 6.64. The second-order valence-electron chi connectivity index (χ2n) is 6.64. The molecule has 0 amide bonds. The Morgan fingerprint density at radius 3 is 2.21 bits per heavy atom. The number of hydrogen-bond donors (Lipinski definition) is 0. The normalized spacial score (nSPS) is 15.4. The van der Waals surface area contributed by atoms with Crippen molar-refractivity contribution in [1.82, 2.24) is 9.97 Å². The van der Waals surface area contributed by atoms with Gasteiger partial charge in [-0.1, -0.05) is 80.6 Å². The summed E-state index contributed by atoms with van der Waals surface area (Å²) in [7, 11) is 0. The Balaban J connectivity index is 0.000000932. The van der Waals surface area contributed by atoms with Crippen LogP contribution in [0.25, 0.3) is 32.9 Å². The van der Waals surface area contributed by atoms with Crippen molar-refractivity contribution in [3.8, 4) is 11.1 Å². The van der Waals surface area contributed by atoms with Gasteiger partial charge in [-0.3, -0.25) is 9.97 Å². The van der Waals surface area contributed by atoms with Gasteiger partial charge in [0.15, 0.2) is 0 Å². The molecule has 0 N–H and O–H groups in total. The Bertz CT molecular complexity index is 1160. The van der Waals surface area contributed by atoms with E-state index in [2.05, 4.69) is 77.8 Å². The zero-order valence-electron chi connectivity index (χ0n) is 16.3. The van der Waals surface area contributed by atoms with Crippen LogP contribution >= 0.6 is 0 Å². The molecule has 4 aromatic rings. The molecule has 1 unspecified atom stereocenters. The number of rotatable bonds is 2. The van der Waals surface area contributed by atoms with E-state index in [1.54, 1.807) is 0 Å². The van der Waals surface area contributed by atoms with E-state index >= 15 is 0 Å². The average Bonchev–Trinajstić information content (AvgIpc) is 2.80. The van der Waals surface area contributed by atoms with Crippen molar-refractivity contribution in [2.75, 3.05) is 0 Å². The van der Waals surface area contributed by atoms with Crippen LogP contribution in [-0.2, 0) is 0 Å². The second kappa shape index (κ2) is 8.18. The highest BCUT2D eigenvalue weighted by atomic mass is 14.7. The largest absolute Gasteiger partial charge is 0.254 e. The molecule has 0 spiro atoms. The minimum Gasteiger partial charge on any atom is -0.254 e. The summed E-state index contributed by atoms with van der Waals surface area (Å²) >= 11 is 0. The number of hydrogen-bond acceptors (Lipinski definition) is 2. The molecule has 2 nitrogen and oxygen atoms in total. The molecule has 0 saturated heterocycles. The van der Waals surface area contributed by atoms with Crippen LogP contribution in [-0.4, -0.2) is 9.97 Å². The number of pyridine rings is 2. The van der Waals surface area contributed by atoms with Gasteiger partial charge in [0.2, 0.25) is 0 Å². The van der Waals surface area contributed by atoms with Gasteiger partial charge in [0.1, 0.15) is 0 Å². The highest BCUT2D eigenvalue weighted by molar-refractivity contribution is 6.08. The van der Waals surface area contributed by atoms with Crippen LogP contribution in [0, 0.1) is 0 Å². The lowest BCUT2D eigenvalue weighted by atomic mass is 9.89. The van der Waals surface area contributed by atoms with Gasteiger partial charge < -0.3 is 0 Å². The fraction of sp³-hybridized carbons (Fsp3) is 0.154. The predicted octanol–water partition coefficient (Wildman–Crippen LogP) is 7.08. The molecular formula is C26H24N2. The topological polar surface area (TPSA) is 25.8 Å². The van der Waals surface area contributed by atoms with Gasteiger partial charge in [0.05, 0.1) is 11.0 Å². The average molecular weight is 364 g/mol. The first-order valence-corrected chi connectivity index (χ1v) is 9.97. The molecule has 2 aromatic carbocycles. The van der Waals surface area contributed by atoms with E-state index < -0.39 is 0 Å². The van der Waals surface area contributed by atoms with Gasteiger partial charge in [-0.15, -0.1) is 0 Å². The monoisotopic (exact) mass is 364 g/mol. The fourth-order valence-electron chi connectivity index (χ4n) is 3.85. The summed E-state index contributed by atoms with van der Waals surface area (Å²) in [6.07, 6.45) is 13.6. The molecule has 0 saturated carbocycles. The zero-order chi connectivity index (χ0) is 19.3. The summed E-state index contributed by atoms with van der Waals surface area (Å²) in [6, 6.07) is 19.1. The van der Waals surface area contributed by atoms with E-state index in [1.165, 1.54) is 22.1 Å². The molecule has 2 heteroatoms. The smallest absolute Gasteiger partial charge is 0.0970 e. The van der Waals surface area contributed by atoms with Gasteiger partial charge in [0.25, 0.3) is 0 Å². The Labute approximate surface area is 166 Å². The lowest BCUT2D eigenvalue weighted by Gasteiger charge is -2.16. The number of fused-ring (bicyclic) bond motifs is 3. The van der Waals surface area contributed by atoms with Crippen molar-refractivity contribution in [1.29, 1.82) is 0 Å². The van der Waals surface area contributed by atoms with Crippen LogP contribution in [0.15, 0.2) is 91.3 Å². The maximum absolute atomic E-state index is 4.70. The molecule has 0 bridgehead atoms. The molecule has 138 valence electrons. The summed E-state index contributed by atoms with van der Waals surface area (Å²) in [6.45, 7) is 4.00. The number of nitrogens with zero attached hydrogens (tertiary/aromatic N) is 2. The van der Waals surface area contributed by atoms with Crippen molar-refractivity contribution >= 4 is 21.8 Å². The van der Waals surface area contributed by atoms with Crippen LogP contribution in [0.4, 0.5) is 0 Å². The molecule has 1 aliphatic carbocycles. The highest BCUT2D eigenvalue weighted by Crippen LogP contribution is 2.35. The third kappa shape index (κ3) is 3.22. The van der Waals surface area contributed by atoms with E-state index in [0.29, 0.717) is 5.92 Å². The maximum atomic E-state index is 4.70. The molecule has 28 heavy (non-hydrogen) atoms. The number of aromatic nitrogens is 2. The van der Waals surface area contributed by atoms with Gasteiger partial charge >= 0.3 is 0 Å². The molecule has 1 aliphatic rings. The molecule has 2 aromatic heterocycles. The first-order chi connectivity index (χ1) is 13.9. The molecule has 2 heterocycles. The molecule has 0 aliphatic heterocycles. The first-order valence-electron chi connectivity index (χ1n) is 9.97. The van der Waals surface area contributed by atoms with E-state index in [1.807, 2.05) is 32.3 Å². The summed E-state index contributed by atoms with van der Waals surface area (Å²) in [5, 5.41) is 2.34. The van der Waals surface area contributed by atoms with Crippen molar-refractivity contribution in [2.24, 2.45) is 0 Å². The van der Waals surface area contributed by atoms with E-state index in [0.717, 1.165) is 22.8 Å². The summed E-state index contributed by atoms with van der Waals surface area (Å²) in [5.41, 5.74) is 5.69. The quantitative estimate of drug-likeness (QED) is 0.355. The minimum atomic E-state index is 0.403. The van der Waals surface area contributed by atoms with Crippen LogP contribution in [0.2, 0.25) is 0 Å². The van der Waals surface area contributed by atoms with E-state index in [4.69, 9.17) is 4.98 Å². The standard InChI is InChI=1S/C24H18N2.C2H6/c1-3-7-17(8-4-1)19-13-15-25-23-21(19)11-12-22-20(14-16-26-24(22)23)18-9-5-2-6-10-18;1-2/h1-9,11-16,18H,10H2;1-2H3. The predicted molar refractivity (Wildman–Crippen MR) is 119 cm³/mol. The summed E-state index contributed by atoms with van der Waals surface area (Å²) in [5.74, 6) is 0.403. The SMILES string of the molecule is C1=CCC(c2ccnc3c2ccc2c(-c4ccccc4)ccnc23)C=C1.CC. The van der Waals surface area contributed by atoms with Crippen LogP contribution in [0.1, 0.15) is 31.7 Å². The maximum Gasteiger partial charge on any atom is 0.0970 e. The third-order valence-corrected chi connectivity index (χ3v) is 5.12. The highest BCUT2D eigenvalue weighted by Gasteiger charge is 2.15. The van der Waals surface area contributed by atoms with E-state index in [-0.39, 0.29) is 0 Å². The fourth-order valence-corrected chi connectivity index (χ4v) is 3.85.